The minimum absolute atomic E-state index is 0.921. The quantitative estimate of drug-likeness (QED) is 0.624. The zero-order valence-corrected chi connectivity index (χ0v) is 7.85. The standard InChI is InChI=1S/C9H14N4/c1-2-3-4-12-5-6-13-9(7-12)10-8-11-13/h2-3,8H,4-7H2,1H3/b3-2+. The molecule has 0 saturated carbocycles. The van der Waals surface area contributed by atoms with Gasteiger partial charge in [0.15, 0.2) is 0 Å². The Kier molecular flexibility index (Phi) is 2.40. The number of rotatable bonds is 2. The summed E-state index contributed by atoms with van der Waals surface area (Å²) in [4.78, 5) is 6.57. The number of aromatic nitrogens is 3. The maximum atomic E-state index is 4.20. The van der Waals surface area contributed by atoms with Crippen LogP contribution in [-0.4, -0.2) is 32.8 Å². The molecule has 0 saturated heterocycles. The Morgan fingerprint density at radius 3 is 3.31 bits per heavy atom. The van der Waals surface area contributed by atoms with Crippen molar-refractivity contribution in [3.8, 4) is 0 Å². The third-order valence-electron chi connectivity index (χ3n) is 2.29. The van der Waals surface area contributed by atoms with Crippen molar-refractivity contribution in [2.75, 3.05) is 13.1 Å². The van der Waals surface area contributed by atoms with Crippen LogP contribution in [-0.2, 0) is 13.1 Å². The first-order valence-electron chi connectivity index (χ1n) is 4.60. The van der Waals surface area contributed by atoms with Gasteiger partial charge in [-0.1, -0.05) is 12.2 Å². The van der Waals surface area contributed by atoms with E-state index < -0.39 is 0 Å². The average molecular weight is 178 g/mol. The highest BCUT2D eigenvalue weighted by molar-refractivity contribution is 4.91. The lowest BCUT2D eigenvalue weighted by molar-refractivity contribution is 0.230. The summed E-state index contributed by atoms with van der Waals surface area (Å²) in [6, 6.07) is 0. The van der Waals surface area contributed by atoms with Crippen LogP contribution in [0.15, 0.2) is 18.5 Å². The van der Waals surface area contributed by atoms with E-state index in [1.807, 2.05) is 11.6 Å². The van der Waals surface area contributed by atoms with Crippen molar-refractivity contribution in [2.24, 2.45) is 0 Å². The molecule has 1 aliphatic heterocycles. The Balaban J connectivity index is 2.00. The molecule has 1 aliphatic rings. The number of fused-ring (bicyclic) bond motifs is 1. The topological polar surface area (TPSA) is 34.0 Å². The van der Waals surface area contributed by atoms with Gasteiger partial charge in [-0.25, -0.2) is 9.67 Å². The van der Waals surface area contributed by atoms with Crippen molar-refractivity contribution < 1.29 is 0 Å². The second-order valence-electron chi connectivity index (χ2n) is 3.20. The molecule has 4 heteroatoms. The Labute approximate surface area is 77.9 Å². The van der Waals surface area contributed by atoms with Crippen LogP contribution in [0.25, 0.3) is 0 Å². The van der Waals surface area contributed by atoms with Crippen LogP contribution in [0.3, 0.4) is 0 Å². The molecule has 0 unspecified atom stereocenters. The molecule has 0 spiro atoms. The summed E-state index contributed by atoms with van der Waals surface area (Å²) >= 11 is 0. The molecule has 0 amide bonds. The molecule has 0 aromatic carbocycles. The third kappa shape index (κ3) is 1.78. The van der Waals surface area contributed by atoms with Crippen molar-refractivity contribution in [2.45, 2.75) is 20.0 Å². The van der Waals surface area contributed by atoms with Gasteiger partial charge >= 0.3 is 0 Å². The Hall–Kier alpha value is -1.16. The Morgan fingerprint density at radius 1 is 1.54 bits per heavy atom. The van der Waals surface area contributed by atoms with E-state index in [1.165, 1.54) is 0 Å². The molecule has 0 fully saturated rings. The zero-order chi connectivity index (χ0) is 9.10. The number of hydrogen-bond acceptors (Lipinski definition) is 3. The highest BCUT2D eigenvalue weighted by Crippen LogP contribution is 2.07. The number of nitrogens with zero attached hydrogens (tertiary/aromatic N) is 4. The van der Waals surface area contributed by atoms with Crippen LogP contribution in [0.4, 0.5) is 0 Å². The van der Waals surface area contributed by atoms with E-state index in [1.54, 1.807) is 6.33 Å². The second-order valence-corrected chi connectivity index (χ2v) is 3.20. The molecule has 1 aromatic heterocycles. The molecular weight excluding hydrogens is 164 g/mol. The van der Waals surface area contributed by atoms with Crippen molar-refractivity contribution >= 4 is 0 Å². The predicted molar refractivity (Wildman–Crippen MR) is 50.1 cm³/mol. The fourth-order valence-corrected chi connectivity index (χ4v) is 1.52. The monoisotopic (exact) mass is 178 g/mol. The van der Waals surface area contributed by atoms with E-state index in [0.29, 0.717) is 0 Å². The molecule has 2 rings (SSSR count). The lowest BCUT2D eigenvalue weighted by Crippen LogP contribution is -2.34. The highest BCUT2D eigenvalue weighted by atomic mass is 15.4. The van der Waals surface area contributed by atoms with Gasteiger partial charge in [0.2, 0.25) is 0 Å². The molecule has 1 aromatic rings. The van der Waals surface area contributed by atoms with Gasteiger partial charge in [0.1, 0.15) is 12.2 Å². The van der Waals surface area contributed by atoms with E-state index in [9.17, 15) is 0 Å². The Bertz CT molecular complexity index is 302. The average Bonchev–Trinajstić information content (AvgIpc) is 2.61. The zero-order valence-electron chi connectivity index (χ0n) is 7.85. The summed E-state index contributed by atoms with van der Waals surface area (Å²) in [6.45, 7) is 6.02. The van der Waals surface area contributed by atoms with Gasteiger partial charge in [0.25, 0.3) is 0 Å². The first-order valence-corrected chi connectivity index (χ1v) is 4.60. The number of hydrogen-bond donors (Lipinski definition) is 0. The fourth-order valence-electron chi connectivity index (χ4n) is 1.52. The SMILES string of the molecule is C/C=C/CN1CCn2ncnc2C1. The van der Waals surface area contributed by atoms with Crippen LogP contribution >= 0.6 is 0 Å². The van der Waals surface area contributed by atoms with Gasteiger partial charge in [-0.3, -0.25) is 4.90 Å². The molecule has 0 N–H and O–H groups in total. The largest absolute Gasteiger partial charge is 0.290 e. The maximum absolute atomic E-state index is 4.20. The highest BCUT2D eigenvalue weighted by Gasteiger charge is 2.15. The lowest BCUT2D eigenvalue weighted by Gasteiger charge is -2.25. The molecule has 0 radical (unpaired) electrons. The van der Waals surface area contributed by atoms with Gasteiger partial charge in [0, 0.05) is 13.1 Å². The van der Waals surface area contributed by atoms with Crippen LogP contribution in [0, 0.1) is 0 Å². The van der Waals surface area contributed by atoms with E-state index in [4.69, 9.17) is 0 Å². The molecule has 0 atom stereocenters. The molecular formula is C9H14N4. The Morgan fingerprint density at radius 2 is 2.46 bits per heavy atom. The second kappa shape index (κ2) is 3.70. The molecule has 0 aliphatic carbocycles. The van der Waals surface area contributed by atoms with Crippen molar-refractivity contribution in [1.29, 1.82) is 0 Å². The normalized spacial score (nSPS) is 17.9. The molecule has 70 valence electrons. The summed E-state index contributed by atoms with van der Waals surface area (Å²) in [5, 5.41) is 4.13. The van der Waals surface area contributed by atoms with Gasteiger partial charge in [-0.2, -0.15) is 5.10 Å². The first-order chi connectivity index (χ1) is 6.40. The van der Waals surface area contributed by atoms with Crippen molar-refractivity contribution in [3.63, 3.8) is 0 Å². The maximum Gasteiger partial charge on any atom is 0.141 e. The molecule has 4 nitrogen and oxygen atoms in total. The summed E-state index contributed by atoms with van der Waals surface area (Å²) in [7, 11) is 0. The van der Waals surface area contributed by atoms with Gasteiger partial charge in [-0.15, -0.1) is 0 Å². The predicted octanol–water partition coefficient (Wildman–Crippen LogP) is 0.670. The smallest absolute Gasteiger partial charge is 0.141 e. The van der Waals surface area contributed by atoms with Gasteiger partial charge < -0.3 is 0 Å². The van der Waals surface area contributed by atoms with E-state index in [-0.39, 0.29) is 0 Å². The molecule has 0 bridgehead atoms. The minimum Gasteiger partial charge on any atom is -0.290 e. The molecule has 2 heterocycles. The van der Waals surface area contributed by atoms with E-state index in [2.05, 4.69) is 27.1 Å². The van der Waals surface area contributed by atoms with Gasteiger partial charge in [-0.05, 0) is 6.92 Å². The van der Waals surface area contributed by atoms with Crippen molar-refractivity contribution in [3.05, 3.63) is 24.3 Å². The van der Waals surface area contributed by atoms with E-state index >= 15 is 0 Å². The lowest BCUT2D eigenvalue weighted by atomic mass is 10.3. The third-order valence-corrected chi connectivity index (χ3v) is 2.29. The van der Waals surface area contributed by atoms with Crippen LogP contribution in [0.5, 0.6) is 0 Å². The van der Waals surface area contributed by atoms with Crippen LogP contribution < -0.4 is 0 Å². The van der Waals surface area contributed by atoms with Crippen LogP contribution in [0.1, 0.15) is 12.7 Å². The minimum atomic E-state index is 0.921. The van der Waals surface area contributed by atoms with Crippen molar-refractivity contribution in [1.82, 2.24) is 19.7 Å². The summed E-state index contributed by atoms with van der Waals surface area (Å²) in [5.41, 5.74) is 0. The number of allylic oxidation sites excluding steroid dienone is 1. The fraction of sp³-hybridized carbons (Fsp3) is 0.556. The van der Waals surface area contributed by atoms with E-state index in [0.717, 1.165) is 32.0 Å². The first kappa shape index (κ1) is 8.44. The molecule has 13 heavy (non-hydrogen) atoms. The summed E-state index contributed by atoms with van der Waals surface area (Å²) in [5.74, 6) is 1.08. The summed E-state index contributed by atoms with van der Waals surface area (Å²) in [6.07, 6.45) is 5.89. The summed E-state index contributed by atoms with van der Waals surface area (Å²) < 4.78 is 1.98. The van der Waals surface area contributed by atoms with Crippen LogP contribution in [0.2, 0.25) is 0 Å². The van der Waals surface area contributed by atoms with Gasteiger partial charge in [0.05, 0.1) is 13.1 Å².